The van der Waals surface area contributed by atoms with Crippen LogP contribution in [0.3, 0.4) is 0 Å². The van der Waals surface area contributed by atoms with Crippen LogP contribution in [-0.2, 0) is 6.54 Å². The maximum absolute atomic E-state index is 6.30. The Morgan fingerprint density at radius 1 is 1.35 bits per heavy atom. The number of nitrogens with two attached hydrogens (primary N) is 1. The van der Waals surface area contributed by atoms with Crippen molar-refractivity contribution in [2.45, 2.75) is 32.9 Å². The smallest absolute Gasteiger partial charge is 0.134 e. The summed E-state index contributed by atoms with van der Waals surface area (Å²) in [7, 11) is 0. The van der Waals surface area contributed by atoms with Crippen LogP contribution in [0, 0.1) is 6.92 Å². The van der Waals surface area contributed by atoms with Gasteiger partial charge in [-0.15, -0.1) is 5.10 Å². The number of hydrogen-bond donors (Lipinski definition) is 1. The molecule has 20 heavy (non-hydrogen) atoms. The lowest BCUT2D eigenvalue weighted by Gasteiger charge is -2.10. The molecule has 2 N–H and O–H groups in total. The van der Waals surface area contributed by atoms with E-state index < -0.39 is 0 Å². The van der Waals surface area contributed by atoms with Gasteiger partial charge in [0.15, 0.2) is 0 Å². The highest BCUT2D eigenvalue weighted by molar-refractivity contribution is 5.78. The second kappa shape index (κ2) is 5.09. The molecule has 1 unspecified atom stereocenters. The zero-order chi connectivity index (χ0) is 14.1. The molecule has 2 heterocycles. The van der Waals surface area contributed by atoms with Gasteiger partial charge < -0.3 is 10.2 Å². The van der Waals surface area contributed by atoms with E-state index in [0.29, 0.717) is 0 Å². The van der Waals surface area contributed by atoms with Crippen molar-refractivity contribution in [3.05, 3.63) is 47.5 Å². The van der Waals surface area contributed by atoms with E-state index >= 15 is 0 Å². The lowest BCUT2D eigenvalue weighted by atomic mass is 10.1. The topological polar surface area (TPSA) is 69.9 Å². The van der Waals surface area contributed by atoms with Crippen LogP contribution in [0.4, 0.5) is 0 Å². The molecule has 5 nitrogen and oxygen atoms in total. The first-order valence-electron chi connectivity index (χ1n) is 6.83. The fourth-order valence-electron chi connectivity index (χ4n) is 2.37. The summed E-state index contributed by atoms with van der Waals surface area (Å²) in [6.07, 6.45) is 2.70. The monoisotopic (exact) mass is 270 g/mol. The highest BCUT2D eigenvalue weighted by Gasteiger charge is 2.18. The Balaban J connectivity index is 1.99. The number of aromatic nitrogens is 3. The second-order valence-electron chi connectivity index (χ2n) is 5.05. The van der Waals surface area contributed by atoms with Crippen LogP contribution in [0.2, 0.25) is 0 Å². The normalized spacial score (nSPS) is 12.9. The van der Waals surface area contributed by atoms with Gasteiger partial charge in [0.25, 0.3) is 0 Å². The number of hydrogen-bond acceptors (Lipinski definition) is 4. The van der Waals surface area contributed by atoms with E-state index in [2.05, 4.69) is 30.2 Å². The van der Waals surface area contributed by atoms with Crippen LogP contribution in [0.25, 0.3) is 11.0 Å². The number of fused-ring (bicyclic) bond motifs is 1. The Morgan fingerprint density at radius 2 is 2.20 bits per heavy atom. The number of aryl methyl sites for hydroxylation is 2. The highest BCUT2D eigenvalue weighted by Crippen LogP contribution is 2.27. The molecule has 0 aliphatic rings. The Kier molecular flexibility index (Phi) is 3.28. The number of benzene rings is 1. The predicted octanol–water partition coefficient (Wildman–Crippen LogP) is 2.79. The van der Waals surface area contributed by atoms with Crippen LogP contribution >= 0.6 is 0 Å². The van der Waals surface area contributed by atoms with E-state index in [1.807, 2.05) is 22.9 Å². The van der Waals surface area contributed by atoms with Gasteiger partial charge in [-0.1, -0.05) is 23.8 Å². The van der Waals surface area contributed by atoms with E-state index in [-0.39, 0.29) is 6.04 Å². The van der Waals surface area contributed by atoms with E-state index in [9.17, 15) is 0 Å². The number of furan rings is 1. The largest absolute Gasteiger partial charge is 0.459 e. The zero-order valence-corrected chi connectivity index (χ0v) is 11.7. The van der Waals surface area contributed by atoms with Gasteiger partial charge in [-0.2, -0.15) is 0 Å². The molecule has 0 spiro atoms. The van der Waals surface area contributed by atoms with Gasteiger partial charge in [-0.3, -0.25) is 0 Å². The standard InChI is InChI=1S/C15H18N4O/c1-3-6-19-12(9-17-18-19)15(16)14-8-11-7-10(2)4-5-13(11)20-14/h4-5,7-9,15H,3,6,16H2,1-2H3. The molecule has 1 atom stereocenters. The number of rotatable bonds is 4. The summed E-state index contributed by atoms with van der Waals surface area (Å²) < 4.78 is 7.68. The van der Waals surface area contributed by atoms with Gasteiger partial charge in [-0.05, 0) is 31.5 Å². The molecule has 0 saturated heterocycles. The van der Waals surface area contributed by atoms with Crippen molar-refractivity contribution < 1.29 is 4.42 Å². The SMILES string of the molecule is CCCn1nncc1C(N)c1cc2cc(C)ccc2o1. The van der Waals surface area contributed by atoms with Gasteiger partial charge in [0.1, 0.15) is 17.4 Å². The highest BCUT2D eigenvalue weighted by atomic mass is 16.3. The fourth-order valence-corrected chi connectivity index (χ4v) is 2.37. The molecule has 0 amide bonds. The summed E-state index contributed by atoms with van der Waals surface area (Å²) in [4.78, 5) is 0. The van der Waals surface area contributed by atoms with Crippen LogP contribution in [-0.4, -0.2) is 15.0 Å². The van der Waals surface area contributed by atoms with E-state index in [4.69, 9.17) is 10.2 Å². The first kappa shape index (κ1) is 12.9. The van der Waals surface area contributed by atoms with Gasteiger partial charge >= 0.3 is 0 Å². The van der Waals surface area contributed by atoms with Crippen molar-refractivity contribution >= 4 is 11.0 Å². The van der Waals surface area contributed by atoms with Crippen LogP contribution in [0.5, 0.6) is 0 Å². The third kappa shape index (κ3) is 2.20. The fraction of sp³-hybridized carbons (Fsp3) is 0.333. The van der Waals surface area contributed by atoms with Crippen LogP contribution in [0.1, 0.15) is 36.4 Å². The molecule has 3 rings (SSSR count). The lowest BCUT2D eigenvalue weighted by Crippen LogP contribution is -2.17. The summed E-state index contributed by atoms with van der Waals surface area (Å²) in [5, 5.41) is 9.09. The average Bonchev–Trinajstić information content (AvgIpc) is 3.04. The lowest BCUT2D eigenvalue weighted by molar-refractivity contribution is 0.489. The van der Waals surface area contributed by atoms with Crippen molar-refractivity contribution in [3.63, 3.8) is 0 Å². The summed E-state index contributed by atoms with van der Waals surface area (Å²) in [5.41, 5.74) is 9.24. The predicted molar refractivity (Wildman–Crippen MR) is 77.3 cm³/mol. The van der Waals surface area contributed by atoms with Crippen LogP contribution in [0.15, 0.2) is 34.9 Å². The second-order valence-corrected chi connectivity index (χ2v) is 5.05. The minimum Gasteiger partial charge on any atom is -0.459 e. The van der Waals surface area contributed by atoms with Crippen LogP contribution < -0.4 is 5.73 Å². The van der Waals surface area contributed by atoms with Crippen molar-refractivity contribution in [2.24, 2.45) is 5.73 Å². The Labute approximate surface area is 117 Å². The Bertz CT molecular complexity index is 728. The van der Waals surface area contributed by atoms with Gasteiger partial charge in [-0.25, -0.2) is 4.68 Å². The molecular weight excluding hydrogens is 252 g/mol. The molecule has 2 aromatic heterocycles. The van der Waals surface area contributed by atoms with Gasteiger partial charge in [0.2, 0.25) is 0 Å². The quantitative estimate of drug-likeness (QED) is 0.791. The maximum atomic E-state index is 6.30. The Hall–Kier alpha value is -2.14. The number of nitrogens with zero attached hydrogens (tertiary/aromatic N) is 3. The maximum Gasteiger partial charge on any atom is 0.134 e. The minimum absolute atomic E-state index is 0.343. The molecule has 0 aliphatic carbocycles. The molecule has 0 bridgehead atoms. The van der Waals surface area contributed by atoms with Crippen molar-refractivity contribution in [1.82, 2.24) is 15.0 Å². The molecule has 5 heteroatoms. The molecule has 0 radical (unpaired) electrons. The summed E-state index contributed by atoms with van der Waals surface area (Å²) in [6.45, 7) is 4.97. The van der Waals surface area contributed by atoms with E-state index in [1.54, 1.807) is 6.20 Å². The molecule has 1 aromatic carbocycles. The van der Waals surface area contributed by atoms with E-state index in [1.165, 1.54) is 5.56 Å². The molecule has 0 fully saturated rings. The Morgan fingerprint density at radius 3 is 3.00 bits per heavy atom. The van der Waals surface area contributed by atoms with Crippen molar-refractivity contribution in [2.75, 3.05) is 0 Å². The van der Waals surface area contributed by atoms with Crippen molar-refractivity contribution in [3.8, 4) is 0 Å². The molecule has 104 valence electrons. The first-order valence-corrected chi connectivity index (χ1v) is 6.83. The molecular formula is C15H18N4O. The zero-order valence-electron chi connectivity index (χ0n) is 11.7. The van der Waals surface area contributed by atoms with Gasteiger partial charge in [0.05, 0.1) is 11.9 Å². The molecule has 3 aromatic rings. The first-order chi connectivity index (χ1) is 9.69. The third-order valence-corrected chi connectivity index (χ3v) is 3.40. The summed E-state index contributed by atoms with van der Waals surface area (Å²) in [5.74, 6) is 0.741. The minimum atomic E-state index is -0.343. The molecule has 0 aliphatic heterocycles. The molecule has 0 saturated carbocycles. The summed E-state index contributed by atoms with van der Waals surface area (Å²) >= 11 is 0. The average molecular weight is 270 g/mol. The van der Waals surface area contributed by atoms with E-state index in [0.717, 1.165) is 35.4 Å². The third-order valence-electron chi connectivity index (χ3n) is 3.40. The van der Waals surface area contributed by atoms with Crippen molar-refractivity contribution in [1.29, 1.82) is 0 Å². The summed E-state index contributed by atoms with van der Waals surface area (Å²) in [6, 6.07) is 7.75. The van der Waals surface area contributed by atoms with Gasteiger partial charge in [0, 0.05) is 11.9 Å².